The van der Waals surface area contributed by atoms with E-state index in [4.69, 9.17) is 4.43 Å². The first-order valence-electron chi connectivity index (χ1n) is 11.2. The molecule has 0 amide bonds. The molecule has 0 spiro atoms. The molecule has 0 N–H and O–H groups in total. The first kappa shape index (κ1) is 24.2. The highest BCUT2D eigenvalue weighted by Crippen LogP contribution is 2.22. The lowest BCUT2D eigenvalue weighted by Gasteiger charge is -2.27. The molecule has 0 aromatic carbocycles. The molecule has 24 heavy (non-hydrogen) atoms. The van der Waals surface area contributed by atoms with Crippen LogP contribution in [-0.2, 0) is 4.43 Å². The van der Waals surface area contributed by atoms with Gasteiger partial charge < -0.3 is 4.43 Å². The fourth-order valence-corrected chi connectivity index (χ4v) is 3.96. The molecule has 1 nitrogen and oxygen atoms in total. The first-order chi connectivity index (χ1) is 11.7. The lowest BCUT2D eigenvalue weighted by atomic mass is 9.95. The summed E-state index contributed by atoms with van der Waals surface area (Å²) in [4.78, 5) is 0. The predicted molar refractivity (Wildman–Crippen MR) is 114 cm³/mol. The van der Waals surface area contributed by atoms with Crippen LogP contribution in [0.5, 0.6) is 0 Å². The minimum absolute atomic E-state index is 0.183. The van der Waals surface area contributed by atoms with E-state index in [9.17, 15) is 0 Å². The van der Waals surface area contributed by atoms with Gasteiger partial charge >= 0.3 is 0 Å². The largest absolute Gasteiger partial charge is 0.423 e. The van der Waals surface area contributed by atoms with Crippen molar-refractivity contribution in [1.29, 1.82) is 0 Å². The summed E-state index contributed by atoms with van der Waals surface area (Å²) in [6.07, 6.45) is 25.6. The smallest absolute Gasteiger partial charge is 0.146 e. The lowest BCUT2D eigenvalue weighted by molar-refractivity contribution is 0.0832. The van der Waals surface area contributed by atoms with E-state index in [1.54, 1.807) is 0 Å². The van der Waals surface area contributed by atoms with Gasteiger partial charge in [-0.2, -0.15) is 0 Å². The molecular weight excluding hydrogens is 308 g/mol. The summed E-state index contributed by atoms with van der Waals surface area (Å²) in [7, 11) is 0.877. The van der Waals surface area contributed by atoms with Gasteiger partial charge in [0, 0.05) is 0 Å². The van der Waals surface area contributed by atoms with Gasteiger partial charge in [-0.05, 0) is 19.8 Å². The van der Waals surface area contributed by atoms with Gasteiger partial charge in [-0.15, -0.1) is 0 Å². The molecule has 0 saturated carbocycles. The predicted octanol–water partition coefficient (Wildman–Crippen LogP) is 7.10. The second kappa shape index (κ2) is 18.0. The zero-order valence-corrected chi connectivity index (χ0v) is 19.6. The van der Waals surface area contributed by atoms with Crippen LogP contribution >= 0.6 is 0 Å². The van der Waals surface area contributed by atoms with Crippen LogP contribution in [0.25, 0.3) is 0 Å². The summed E-state index contributed by atoms with van der Waals surface area (Å²) in [6, 6.07) is 0. The normalized spacial score (nSPS) is 14.1. The number of hydrogen-bond donors (Lipinski definition) is 0. The third-order valence-electron chi connectivity index (χ3n) is 5.80. The van der Waals surface area contributed by atoms with Gasteiger partial charge in [0.2, 0.25) is 0 Å². The Bertz CT molecular complexity index is 238. The van der Waals surface area contributed by atoms with Crippen molar-refractivity contribution in [3.8, 4) is 0 Å². The maximum atomic E-state index is 5.75. The summed E-state index contributed by atoms with van der Waals surface area (Å²) in [5, 5.41) is 0. The number of rotatable bonds is 19. The average Bonchev–Trinajstić information content (AvgIpc) is 2.61. The molecule has 0 aliphatic heterocycles. The Labute approximate surface area is 157 Å². The molecule has 0 rings (SSSR count). The Hall–Kier alpha value is 0.177. The van der Waals surface area contributed by atoms with E-state index in [1.807, 2.05) is 0 Å². The second-order valence-corrected chi connectivity index (χ2v) is 8.47. The molecule has 0 radical (unpaired) electrons. The monoisotopic (exact) mass is 356 g/mol. The molecule has 0 aromatic heterocycles. The third-order valence-corrected chi connectivity index (χ3v) is 6.79. The molecule has 0 saturated heterocycles. The maximum Gasteiger partial charge on any atom is 0.146 e. The molecule has 0 aliphatic rings. The Morgan fingerprint density at radius 3 is 1.21 bits per heavy atom. The van der Waals surface area contributed by atoms with Gasteiger partial charge in [0.25, 0.3) is 0 Å². The van der Waals surface area contributed by atoms with Crippen molar-refractivity contribution < 1.29 is 4.43 Å². The van der Waals surface area contributed by atoms with Crippen LogP contribution in [0, 0.1) is 0 Å². The summed E-state index contributed by atoms with van der Waals surface area (Å²) in [6.45, 7) is 6.83. The standard InChI is InChI=1S/C22H48OSi/c1-4-6-7-8-9-10-11-12-13-14-15-16-17-18-19-20-21-22(3,5-2)23-24/h4-21H2,1-3,24H3. The first-order valence-corrected chi connectivity index (χ1v) is 12.1. The second-order valence-electron chi connectivity index (χ2n) is 8.06. The van der Waals surface area contributed by atoms with Gasteiger partial charge in [-0.3, -0.25) is 0 Å². The lowest BCUT2D eigenvalue weighted by Crippen LogP contribution is -2.26. The number of unbranched alkanes of at least 4 members (excludes halogenated alkanes) is 15. The van der Waals surface area contributed by atoms with Crippen LogP contribution < -0.4 is 0 Å². The molecule has 1 unspecified atom stereocenters. The van der Waals surface area contributed by atoms with Crippen molar-refractivity contribution in [2.75, 3.05) is 0 Å². The SMILES string of the molecule is CCCCCCCCCCCCCCCCCCC(C)(CC)O[SiH3]. The quantitative estimate of drug-likeness (QED) is 0.177. The van der Waals surface area contributed by atoms with E-state index in [-0.39, 0.29) is 5.60 Å². The summed E-state index contributed by atoms with van der Waals surface area (Å²) in [5.41, 5.74) is 0.183. The molecule has 0 bridgehead atoms. The van der Waals surface area contributed by atoms with Crippen molar-refractivity contribution >= 4 is 10.5 Å². The number of hydrogen-bond acceptors (Lipinski definition) is 1. The topological polar surface area (TPSA) is 9.23 Å². The van der Waals surface area contributed by atoms with Gasteiger partial charge in [0.15, 0.2) is 0 Å². The Morgan fingerprint density at radius 2 is 0.917 bits per heavy atom. The minimum atomic E-state index is 0.183. The van der Waals surface area contributed by atoms with Crippen molar-refractivity contribution in [2.45, 2.75) is 142 Å². The van der Waals surface area contributed by atoms with Crippen LogP contribution in [0.2, 0.25) is 0 Å². The van der Waals surface area contributed by atoms with E-state index in [0.29, 0.717) is 0 Å². The molecule has 0 aliphatic carbocycles. The van der Waals surface area contributed by atoms with Crippen LogP contribution in [0.15, 0.2) is 0 Å². The molecule has 2 heteroatoms. The summed E-state index contributed by atoms with van der Waals surface area (Å²) in [5.74, 6) is 0. The van der Waals surface area contributed by atoms with E-state index >= 15 is 0 Å². The Kier molecular flexibility index (Phi) is 18.1. The van der Waals surface area contributed by atoms with E-state index < -0.39 is 0 Å². The molecular formula is C22H48OSi. The van der Waals surface area contributed by atoms with Crippen molar-refractivity contribution in [1.82, 2.24) is 0 Å². The van der Waals surface area contributed by atoms with Gasteiger partial charge in [-0.25, -0.2) is 0 Å². The van der Waals surface area contributed by atoms with Crippen LogP contribution in [0.3, 0.4) is 0 Å². The fourth-order valence-electron chi connectivity index (χ4n) is 3.47. The van der Waals surface area contributed by atoms with Gasteiger partial charge in [0.05, 0.1) is 5.60 Å². The Balaban J connectivity index is 3.13. The summed E-state index contributed by atoms with van der Waals surface area (Å²) < 4.78 is 5.75. The molecule has 0 fully saturated rings. The molecule has 0 heterocycles. The van der Waals surface area contributed by atoms with E-state index in [0.717, 1.165) is 16.9 Å². The van der Waals surface area contributed by atoms with Crippen molar-refractivity contribution in [2.24, 2.45) is 0 Å². The maximum absolute atomic E-state index is 5.75. The van der Waals surface area contributed by atoms with Crippen molar-refractivity contribution in [3.05, 3.63) is 0 Å². The highest BCUT2D eigenvalue weighted by Gasteiger charge is 2.18. The Morgan fingerprint density at radius 1 is 0.583 bits per heavy atom. The van der Waals surface area contributed by atoms with Gasteiger partial charge in [-0.1, -0.05) is 117 Å². The highest BCUT2D eigenvalue weighted by atomic mass is 28.2. The van der Waals surface area contributed by atoms with Crippen molar-refractivity contribution in [3.63, 3.8) is 0 Å². The average molecular weight is 357 g/mol. The minimum Gasteiger partial charge on any atom is -0.423 e. The zero-order valence-electron chi connectivity index (χ0n) is 17.6. The molecule has 0 aromatic rings. The highest BCUT2D eigenvalue weighted by molar-refractivity contribution is 5.98. The zero-order chi connectivity index (χ0) is 17.9. The molecule has 1 atom stereocenters. The third kappa shape index (κ3) is 15.7. The van der Waals surface area contributed by atoms with E-state index in [1.165, 1.54) is 109 Å². The molecule has 146 valence electrons. The summed E-state index contributed by atoms with van der Waals surface area (Å²) >= 11 is 0. The van der Waals surface area contributed by atoms with E-state index in [2.05, 4.69) is 20.8 Å². The van der Waals surface area contributed by atoms with Crippen LogP contribution in [-0.4, -0.2) is 16.1 Å². The fraction of sp³-hybridized carbons (Fsp3) is 1.00. The van der Waals surface area contributed by atoms with Gasteiger partial charge in [0.1, 0.15) is 10.5 Å². The van der Waals surface area contributed by atoms with Crippen LogP contribution in [0.4, 0.5) is 0 Å². The van der Waals surface area contributed by atoms with Crippen LogP contribution in [0.1, 0.15) is 136 Å².